The van der Waals surface area contributed by atoms with Crippen LogP contribution in [0.4, 0.5) is 0 Å². The Morgan fingerprint density at radius 2 is 1.74 bits per heavy atom. The molecular weight excluding hydrogens is 332 g/mol. The van der Waals surface area contributed by atoms with Gasteiger partial charge in [0.1, 0.15) is 0 Å². The van der Waals surface area contributed by atoms with Gasteiger partial charge in [-0.05, 0) is 48.3 Å². The van der Waals surface area contributed by atoms with E-state index in [1.165, 1.54) is 16.7 Å². The number of carbonyl (C=O) groups is 1. The fourth-order valence-corrected chi connectivity index (χ4v) is 5.72. The van der Waals surface area contributed by atoms with Crippen molar-refractivity contribution in [3.63, 3.8) is 0 Å². The van der Waals surface area contributed by atoms with Gasteiger partial charge in [0.15, 0.2) is 0 Å². The maximum absolute atomic E-state index is 13.5. The Labute approximate surface area is 161 Å². The zero-order valence-corrected chi connectivity index (χ0v) is 15.9. The number of benzene rings is 2. The highest BCUT2D eigenvalue weighted by Crippen LogP contribution is 2.47. The molecule has 0 aromatic heterocycles. The van der Waals surface area contributed by atoms with Crippen molar-refractivity contribution in [3.05, 3.63) is 71.3 Å². The fraction of sp³-hybridized carbons (Fsp3) is 0.458. The summed E-state index contributed by atoms with van der Waals surface area (Å²) in [6.07, 6.45) is 4.38. The van der Waals surface area contributed by atoms with E-state index in [0.717, 1.165) is 51.9 Å². The Bertz CT molecular complexity index is 825. The van der Waals surface area contributed by atoms with Gasteiger partial charge in [-0.25, -0.2) is 0 Å². The van der Waals surface area contributed by atoms with Crippen molar-refractivity contribution in [2.45, 2.75) is 37.0 Å². The molecule has 2 aromatic rings. The van der Waals surface area contributed by atoms with Crippen molar-refractivity contribution in [2.75, 3.05) is 26.2 Å². The second-order valence-corrected chi connectivity index (χ2v) is 8.51. The zero-order valence-electron chi connectivity index (χ0n) is 15.9. The third-order valence-corrected chi connectivity index (χ3v) is 7.23. The van der Waals surface area contributed by atoms with E-state index in [1.54, 1.807) is 0 Å². The second kappa shape index (κ2) is 6.79. The lowest BCUT2D eigenvalue weighted by Gasteiger charge is -2.38. The van der Waals surface area contributed by atoms with Crippen LogP contribution >= 0.6 is 0 Å². The van der Waals surface area contributed by atoms with Crippen LogP contribution < -0.4 is 5.32 Å². The van der Waals surface area contributed by atoms with E-state index in [-0.39, 0.29) is 11.3 Å². The van der Waals surface area contributed by atoms with Crippen molar-refractivity contribution < 1.29 is 4.79 Å². The van der Waals surface area contributed by atoms with Crippen LogP contribution in [0.5, 0.6) is 0 Å². The lowest BCUT2D eigenvalue weighted by atomic mass is 9.72. The molecule has 140 valence electrons. The maximum atomic E-state index is 13.5. The summed E-state index contributed by atoms with van der Waals surface area (Å²) in [6, 6.07) is 19.6. The third kappa shape index (κ3) is 2.80. The number of piperidine rings is 1. The Kier molecular flexibility index (Phi) is 4.28. The number of nitrogens with one attached hydrogen (secondary N) is 1. The van der Waals surface area contributed by atoms with E-state index in [9.17, 15) is 4.79 Å². The molecule has 2 fully saturated rings. The van der Waals surface area contributed by atoms with Gasteiger partial charge in [0.2, 0.25) is 5.91 Å². The second-order valence-electron chi connectivity index (χ2n) is 8.51. The van der Waals surface area contributed by atoms with Crippen LogP contribution in [0.1, 0.15) is 41.9 Å². The molecule has 1 N–H and O–H groups in total. The van der Waals surface area contributed by atoms with E-state index in [4.69, 9.17) is 0 Å². The number of fused-ring (bicyclic) bond motifs is 2. The van der Waals surface area contributed by atoms with Crippen molar-refractivity contribution in [2.24, 2.45) is 5.92 Å². The summed E-state index contributed by atoms with van der Waals surface area (Å²) in [7, 11) is 0. The van der Waals surface area contributed by atoms with Crippen molar-refractivity contribution in [1.82, 2.24) is 10.2 Å². The van der Waals surface area contributed by atoms with Crippen LogP contribution in [0.2, 0.25) is 0 Å². The number of rotatable bonds is 2. The number of nitrogens with zero attached hydrogens (tertiary/aromatic N) is 1. The lowest BCUT2D eigenvalue weighted by Crippen LogP contribution is -2.47. The van der Waals surface area contributed by atoms with Gasteiger partial charge in [0, 0.05) is 31.6 Å². The van der Waals surface area contributed by atoms with Gasteiger partial charge >= 0.3 is 0 Å². The lowest BCUT2D eigenvalue weighted by molar-refractivity contribution is -0.137. The van der Waals surface area contributed by atoms with Gasteiger partial charge in [0.25, 0.3) is 0 Å². The Balaban J connectivity index is 1.32. The average Bonchev–Trinajstić information content (AvgIpc) is 3.34. The van der Waals surface area contributed by atoms with Gasteiger partial charge in [-0.3, -0.25) is 4.79 Å². The molecule has 2 atom stereocenters. The molecule has 1 aliphatic carbocycles. The Morgan fingerprint density at radius 1 is 1.00 bits per heavy atom. The van der Waals surface area contributed by atoms with Crippen LogP contribution in [0.15, 0.2) is 54.6 Å². The Hall–Kier alpha value is -2.13. The molecule has 1 amide bonds. The zero-order chi connectivity index (χ0) is 18.3. The van der Waals surface area contributed by atoms with Crippen LogP contribution in [0.25, 0.3) is 0 Å². The third-order valence-electron chi connectivity index (χ3n) is 7.23. The predicted molar refractivity (Wildman–Crippen MR) is 108 cm³/mol. The highest BCUT2D eigenvalue weighted by molar-refractivity contribution is 5.82. The van der Waals surface area contributed by atoms with Crippen LogP contribution in [0.3, 0.4) is 0 Å². The first-order chi connectivity index (χ1) is 13.3. The molecule has 27 heavy (non-hydrogen) atoms. The normalized spacial score (nSPS) is 27.9. The summed E-state index contributed by atoms with van der Waals surface area (Å²) in [5.74, 6) is 1.07. The van der Waals surface area contributed by atoms with E-state index < -0.39 is 0 Å². The molecule has 3 aliphatic rings. The SMILES string of the molecule is O=C([C@@H]1CNC[C@]12CCc1ccccc12)N1CCC(c2ccccc2)CC1. The van der Waals surface area contributed by atoms with E-state index >= 15 is 0 Å². The average molecular weight is 361 g/mol. The van der Waals surface area contributed by atoms with Gasteiger partial charge in [0.05, 0.1) is 5.92 Å². The predicted octanol–water partition coefficient (Wildman–Crippen LogP) is 3.50. The molecule has 3 nitrogen and oxygen atoms in total. The fourth-order valence-electron chi connectivity index (χ4n) is 5.72. The quantitative estimate of drug-likeness (QED) is 0.889. The summed E-state index contributed by atoms with van der Waals surface area (Å²) in [5, 5.41) is 3.55. The van der Waals surface area contributed by atoms with Crippen molar-refractivity contribution in [1.29, 1.82) is 0 Å². The molecule has 2 aliphatic heterocycles. The molecule has 1 spiro atoms. The van der Waals surface area contributed by atoms with Crippen LogP contribution in [-0.2, 0) is 16.6 Å². The first-order valence-corrected chi connectivity index (χ1v) is 10.4. The molecule has 0 unspecified atom stereocenters. The summed E-state index contributed by atoms with van der Waals surface area (Å²) in [4.78, 5) is 15.7. The number of hydrogen-bond donors (Lipinski definition) is 1. The van der Waals surface area contributed by atoms with Gasteiger partial charge in [-0.2, -0.15) is 0 Å². The van der Waals surface area contributed by atoms with Crippen LogP contribution in [0, 0.1) is 5.92 Å². The number of likely N-dealkylation sites (tertiary alicyclic amines) is 1. The monoisotopic (exact) mass is 360 g/mol. The van der Waals surface area contributed by atoms with E-state index in [1.807, 2.05) is 0 Å². The van der Waals surface area contributed by atoms with Gasteiger partial charge in [-0.1, -0.05) is 54.6 Å². The molecule has 3 heteroatoms. The van der Waals surface area contributed by atoms with Gasteiger partial charge in [-0.15, -0.1) is 0 Å². The topological polar surface area (TPSA) is 32.3 Å². The molecule has 2 saturated heterocycles. The Morgan fingerprint density at radius 3 is 2.56 bits per heavy atom. The maximum Gasteiger partial charge on any atom is 0.227 e. The highest BCUT2D eigenvalue weighted by Gasteiger charge is 2.52. The number of aryl methyl sites for hydroxylation is 1. The molecule has 0 radical (unpaired) electrons. The molecule has 0 saturated carbocycles. The first-order valence-electron chi connectivity index (χ1n) is 10.4. The van der Waals surface area contributed by atoms with Gasteiger partial charge < -0.3 is 10.2 Å². The molecule has 2 heterocycles. The first kappa shape index (κ1) is 17.0. The summed E-state index contributed by atoms with van der Waals surface area (Å²) in [5.41, 5.74) is 4.31. The largest absolute Gasteiger partial charge is 0.342 e. The summed E-state index contributed by atoms with van der Waals surface area (Å²) in [6.45, 7) is 3.56. The van der Waals surface area contributed by atoms with Crippen molar-refractivity contribution >= 4 is 5.91 Å². The smallest absolute Gasteiger partial charge is 0.227 e. The number of carbonyl (C=O) groups excluding carboxylic acids is 1. The molecule has 0 bridgehead atoms. The van der Waals surface area contributed by atoms with Crippen molar-refractivity contribution in [3.8, 4) is 0 Å². The van der Waals surface area contributed by atoms with Crippen LogP contribution in [-0.4, -0.2) is 37.0 Å². The van der Waals surface area contributed by atoms with E-state index in [0.29, 0.717) is 11.8 Å². The van der Waals surface area contributed by atoms with E-state index in [2.05, 4.69) is 64.8 Å². The minimum Gasteiger partial charge on any atom is -0.342 e. The highest BCUT2D eigenvalue weighted by atomic mass is 16.2. The molecular formula is C24H28N2O. The minimum atomic E-state index is 0.0178. The standard InChI is InChI=1S/C24H28N2O/c27-23(26-14-11-19(12-15-26)18-6-2-1-3-7-18)22-16-25-17-24(22)13-10-20-8-4-5-9-21(20)24/h1-9,19,22,25H,10-17H2/t22-,24-/m0/s1. The summed E-state index contributed by atoms with van der Waals surface area (Å²) < 4.78 is 0. The summed E-state index contributed by atoms with van der Waals surface area (Å²) >= 11 is 0. The molecule has 5 rings (SSSR count). The number of amides is 1. The number of hydrogen-bond acceptors (Lipinski definition) is 2. The minimum absolute atomic E-state index is 0.0178. The molecule has 2 aromatic carbocycles.